The summed E-state index contributed by atoms with van der Waals surface area (Å²) in [6, 6.07) is 11.4. The Morgan fingerprint density at radius 1 is 1.17 bits per heavy atom. The molecule has 118 valence electrons. The van der Waals surface area contributed by atoms with E-state index >= 15 is 0 Å². The second-order valence-corrected chi connectivity index (χ2v) is 5.95. The molecule has 2 amide bonds. The maximum Gasteiger partial charge on any atom is 0.230 e. The van der Waals surface area contributed by atoms with E-state index in [0.717, 1.165) is 16.8 Å². The Hall–Kier alpha value is -2.69. The van der Waals surface area contributed by atoms with E-state index < -0.39 is 0 Å². The Balaban J connectivity index is 1.69. The molecule has 23 heavy (non-hydrogen) atoms. The lowest BCUT2D eigenvalue weighted by molar-refractivity contribution is -0.122. The minimum Gasteiger partial charge on any atom is -0.312 e. The van der Waals surface area contributed by atoms with Gasteiger partial charge in [-0.25, -0.2) is 4.98 Å². The van der Waals surface area contributed by atoms with Crippen molar-refractivity contribution < 1.29 is 9.59 Å². The first-order chi connectivity index (χ1) is 11.0. The number of hydrogen-bond donors (Lipinski definition) is 1. The summed E-state index contributed by atoms with van der Waals surface area (Å²) in [6.45, 7) is 4.34. The summed E-state index contributed by atoms with van der Waals surface area (Å²) >= 11 is 0. The molecule has 3 rings (SSSR count). The van der Waals surface area contributed by atoms with Crippen LogP contribution in [0.15, 0.2) is 42.6 Å². The highest BCUT2D eigenvalue weighted by atomic mass is 16.2. The molecule has 1 aliphatic rings. The zero-order valence-electron chi connectivity index (χ0n) is 13.2. The van der Waals surface area contributed by atoms with Crippen molar-refractivity contribution >= 4 is 23.3 Å². The Bertz CT molecular complexity index is 740. The van der Waals surface area contributed by atoms with E-state index in [1.807, 2.05) is 50.2 Å². The summed E-state index contributed by atoms with van der Waals surface area (Å²) in [4.78, 5) is 30.4. The van der Waals surface area contributed by atoms with Crippen molar-refractivity contribution in [2.75, 3.05) is 16.8 Å². The summed E-state index contributed by atoms with van der Waals surface area (Å²) in [5.74, 6) is -0.0142. The van der Waals surface area contributed by atoms with E-state index in [1.54, 1.807) is 11.1 Å². The third-order valence-corrected chi connectivity index (χ3v) is 4.01. The van der Waals surface area contributed by atoms with Crippen LogP contribution < -0.4 is 10.2 Å². The minimum atomic E-state index is -0.355. The number of rotatable bonds is 3. The number of benzene rings is 1. The summed E-state index contributed by atoms with van der Waals surface area (Å²) in [7, 11) is 0. The second-order valence-electron chi connectivity index (χ2n) is 5.95. The molecule has 1 N–H and O–H groups in total. The fraction of sp³-hybridized carbons (Fsp3) is 0.278. The molecule has 1 aliphatic heterocycles. The normalized spacial score (nSPS) is 17.4. The van der Waals surface area contributed by atoms with Gasteiger partial charge in [-0.15, -0.1) is 0 Å². The molecule has 2 heterocycles. The van der Waals surface area contributed by atoms with E-state index in [9.17, 15) is 9.59 Å². The molecule has 0 bridgehead atoms. The van der Waals surface area contributed by atoms with Crippen LogP contribution in [0.4, 0.5) is 11.5 Å². The van der Waals surface area contributed by atoms with Crippen LogP contribution >= 0.6 is 0 Å². The third-order valence-electron chi connectivity index (χ3n) is 4.01. The minimum absolute atomic E-state index is 0.0220. The zero-order valence-corrected chi connectivity index (χ0v) is 13.2. The van der Waals surface area contributed by atoms with Gasteiger partial charge in [-0.05, 0) is 43.7 Å². The number of aryl methyl sites for hydroxylation is 2. The third kappa shape index (κ3) is 3.39. The molecule has 0 radical (unpaired) electrons. The molecule has 0 unspecified atom stereocenters. The van der Waals surface area contributed by atoms with Gasteiger partial charge in [0.05, 0.1) is 5.92 Å². The molecule has 0 saturated carbocycles. The average molecular weight is 309 g/mol. The number of pyridine rings is 1. The van der Waals surface area contributed by atoms with Gasteiger partial charge in [0.1, 0.15) is 5.82 Å². The summed E-state index contributed by atoms with van der Waals surface area (Å²) in [5.41, 5.74) is 3.00. The molecule has 0 spiro atoms. The molecule has 5 heteroatoms. The second kappa shape index (κ2) is 6.20. The molecule has 1 fully saturated rings. The van der Waals surface area contributed by atoms with Gasteiger partial charge in [0.15, 0.2) is 0 Å². The topological polar surface area (TPSA) is 62.3 Å². The van der Waals surface area contributed by atoms with Gasteiger partial charge < -0.3 is 10.2 Å². The first kappa shape index (κ1) is 15.2. The molecule has 1 saturated heterocycles. The van der Waals surface area contributed by atoms with E-state index in [1.165, 1.54) is 0 Å². The summed E-state index contributed by atoms with van der Waals surface area (Å²) in [5, 5.41) is 2.80. The molecule has 1 aromatic carbocycles. The molecule has 2 aromatic rings. The standard InChI is InChI=1S/C18H19N3O2/c1-12-3-5-15(6-4-12)21-11-14(10-17(21)22)18(23)20-16-9-13(2)7-8-19-16/h3-9,14H,10-11H2,1-2H3,(H,19,20,23)/t14-/m1/s1. The fourth-order valence-electron chi connectivity index (χ4n) is 2.69. The van der Waals surface area contributed by atoms with E-state index in [-0.39, 0.29) is 24.2 Å². The van der Waals surface area contributed by atoms with Crippen LogP contribution in [0.25, 0.3) is 0 Å². The molecule has 1 aromatic heterocycles. The number of anilines is 2. The lowest BCUT2D eigenvalue weighted by Crippen LogP contribution is -2.28. The van der Waals surface area contributed by atoms with E-state index in [0.29, 0.717) is 12.4 Å². The first-order valence-corrected chi connectivity index (χ1v) is 7.63. The van der Waals surface area contributed by atoms with Crippen molar-refractivity contribution in [2.45, 2.75) is 20.3 Å². The smallest absolute Gasteiger partial charge is 0.230 e. The van der Waals surface area contributed by atoms with Gasteiger partial charge in [-0.3, -0.25) is 9.59 Å². The quantitative estimate of drug-likeness (QED) is 0.948. The van der Waals surface area contributed by atoms with Crippen LogP contribution in [0.2, 0.25) is 0 Å². The average Bonchev–Trinajstić information content (AvgIpc) is 2.90. The van der Waals surface area contributed by atoms with Gasteiger partial charge in [-0.1, -0.05) is 17.7 Å². The van der Waals surface area contributed by atoms with Gasteiger partial charge in [0.2, 0.25) is 11.8 Å². The van der Waals surface area contributed by atoms with Gasteiger partial charge in [0, 0.05) is 24.8 Å². The highest BCUT2D eigenvalue weighted by Crippen LogP contribution is 2.26. The van der Waals surface area contributed by atoms with Crippen LogP contribution in [-0.4, -0.2) is 23.3 Å². The van der Waals surface area contributed by atoms with Crippen LogP contribution in [0, 0.1) is 19.8 Å². The van der Waals surface area contributed by atoms with Crippen LogP contribution in [0.1, 0.15) is 17.5 Å². The molecular weight excluding hydrogens is 290 g/mol. The lowest BCUT2D eigenvalue weighted by atomic mass is 10.1. The van der Waals surface area contributed by atoms with Gasteiger partial charge in [0.25, 0.3) is 0 Å². The Morgan fingerprint density at radius 2 is 1.91 bits per heavy atom. The Kier molecular flexibility index (Phi) is 4.10. The van der Waals surface area contributed by atoms with Gasteiger partial charge in [-0.2, -0.15) is 0 Å². The molecule has 5 nitrogen and oxygen atoms in total. The molecule has 0 aliphatic carbocycles. The highest BCUT2D eigenvalue weighted by Gasteiger charge is 2.35. The number of nitrogens with one attached hydrogen (secondary N) is 1. The number of carbonyl (C=O) groups is 2. The molecule has 1 atom stereocenters. The predicted octanol–water partition coefficient (Wildman–Crippen LogP) is 2.69. The van der Waals surface area contributed by atoms with Crippen molar-refractivity contribution in [1.29, 1.82) is 0 Å². The number of nitrogens with zero attached hydrogens (tertiary/aromatic N) is 2. The van der Waals surface area contributed by atoms with Crippen molar-refractivity contribution in [1.82, 2.24) is 4.98 Å². The van der Waals surface area contributed by atoms with Crippen molar-refractivity contribution in [2.24, 2.45) is 5.92 Å². The highest BCUT2D eigenvalue weighted by molar-refractivity contribution is 6.03. The number of amides is 2. The Morgan fingerprint density at radius 3 is 2.61 bits per heavy atom. The van der Waals surface area contributed by atoms with Crippen LogP contribution in [0.5, 0.6) is 0 Å². The predicted molar refractivity (Wildman–Crippen MR) is 89.2 cm³/mol. The summed E-state index contributed by atoms with van der Waals surface area (Å²) < 4.78 is 0. The molecular formula is C18H19N3O2. The number of hydrogen-bond acceptors (Lipinski definition) is 3. The van der Waals surface area contributed by atoms with Crippen LogP contribution in [-0.2, 0) is 9.59 Å². The maximum absolute atomic E-state index is 12.4. The van der Waals surface area contributed by atoms with Crippen molar-refractivity contribution in [3.63, 3.8) is 0 Å². The van der Waals surface area contributed by atoms with Gasteiger partial charge >= 0.3 is 0 Å². The Labute approximate surface area is 135 Å². The largest absolute Gasteiger partial charge is 0.312 e. The lowest BCUT2D eigenvalue weighted by Gasteiger charge is -2.17. The first-order valence-electron chi connectivity index (χ1n) is 7.63. The maximum atomic E-state index is 12.4. The SMILES string of the molecule is Cc1ccc(N2C[C@H](C(=O)Nc3cc(C)ccn3)CC2=O)cc1. The van der Waals surface area contributed by atoms with Crippen molar-refractivity contribution in [3.05, 3.63) is 53.7 Å². The zero-order chi connectivity index (χ0) is 16.4. The van der Waals surface area contributed by atoms with E-state index in [4.69, 9.17) is 0 Å². The van der Waals surface area contributed by atoms with Crippen molar-refractivity contribution in [3.8, 4) is 0 Å². The monoisotopic (exact) mass is 309 g/mol. The summed E-state index contributed by atoms with van der Waals surface area (Å²) in [6.07, 6.45) is 1.88. The fourth-order valence-corrected chi connectivity index (χ4v) is 2.69. The number of aromatic nitrogens is 1. The number of carbonyl (C=O) groups excluding carboxylic acids is 2. The van der Waals surface area contributed by atoms with Crippen LogP contribution in [0.3, 0.4) is 0 Å². The van der Waals surface area contributed by atoms with E-state index in [2.05, 4.69) is 10.3 Å².